The summed E-state index contributed by atoms with van der Waals surface area (Å²) in [5, 5.41) is 1.87. The van der Waals surface area contributed by atoms with E-state index in [4.69, 9.17) is 0 Å². The van der Waals surface area contributed by atoms with Gasteiger partial charge in [0.2, 0.25) is 0 Å². The van der Waals surface area contributed by atoms with E-state index in [2.05, 4.69) is 5.43 Å². The number of hydrogen-bond donors (Lipinski definition) is 1. The number of amides is 1. The van der Waals surface area contributed by atoms with Gasteiger partial charge in [0.05, 0.1) is 0 Å². The van der Waals surface area contributed by atoms with Crippen molar-refractivity contribution in [2.45, 2.75) is 51.9 Å². The Morgan fingerprint density at radius 2 is 1.73 bits per heavy atom. The van der Waals surface area contributed by atoms with Gasteiger partial charge in [-0.15, -0.1) is 0 Å². The Kier molecular flexibility index (Phi) is 4.57. The third kappa shape index (κ3) is 3.07. The van der Waals surface area contributed by atoms with Crippen LogP contribution >= 0.6 is 0 Å². The SMILES string of the molecule is Cc1c(C(=O)C(=O)NN2CCCCC2)ccc2c1CCCC2. The third-order valence-electron chi connectivity index (χ3n) is 4.88. The van der Waals surface area contributed by atoms with Crippen LogP contribution in [0.15, 0.2) is 12.1 Å². The number of hydrazine groups is 1. The summed E-state index contributed by atoms with van der Waals surface area (Å²) in [7, 11) is 0. The number of nitrogens with one attached hydrogen (secondary N) is 1. The van der Waals surface area contributed by atoms with Gasteiger partial charge in [-0.1, -0.05) is 18.6 Å². The highest BCUT2D eigenvalue weighted by atomic mass is 16.2. The van der Waals surface area contributed by atoms with Gasteiger partial charge in [0, 0.05) is 18.7 Å². The minimum absolute atomic E-state index is 0.406. The van der Waals surface area contributed by atoms with Gasteiger partial charge in [0.25, 0.3) is 5.78 Å². The summed E-state index contributed by atoms with van der Waals surface area (Å²) in [4.78, 5) is 24.7. The minimum Gasteiger partial charge on any atom is -0.283 e. The zero-order valence-electron chi connectivity index (χ0n) is 13.3. The molecule has 1 aromatic rings. The highest BCUT2D eigenvalue weighted by Crippen LogP contribution is 2.26. The number of carbonyl (C=O) groups is 2. The van der Waals surface area contributed by atoms with Crippen LogP contribution in [0.2, 0.25) is 0 Å². The Labute approximate surface area is 131 Å². The number of benzene rings is 1. The van der Waals surface area contributed by atoms with E-state index in [1.807, 2.05) is 24.1 Å². The molecule has 0 bridgehead atoms. The second-order valence-electron chi connectivity index (χ2n) is 6.40. The third-order valence-corrected chi connectivity index (χ3v) is 4.88. The fourth-order valence-corrected chi connectivity index (χ4v) is 3.58. The molecule has 0 atom stereocenters. The van der Waals surface area contributed by atoms with Gasteiger partial charge in [-0.25, -0.2) is 5.01 Å². The molecule has 1 fully saturated rings. The van der Waals surface area contributed by atoms with Crippen molar-refractivity contribution in [2.24, 2.45) is 0 Å². The number of ketones is 1. The van der Waals surface area contributed by atoms with Crippen molar-refractivity contribution in [3.8, 4) is 0 Å². The summed E-state index contributed by atoms with van der Waals surface area (Å²) in [6.07, 6.45) is 7.85. The number of Topliss-reactive ketones (excluding diaryl/α,β-unsaturated/α-hetero) is 1. The summed E-state index contributed by atoms with van der Waals surface area (Å²) >= 11 is 0. The molecular formula is C18H24N2O2. The van der Waals surface area contributed by atoms with Crippen molar-refractivity contribution in [2.75, 3.05) is 13.1 Å². The van der Waals surface area contributed by atoms with Gasteiger partial charge >= 0.3 is 5.91 Å². The first-order valence-corrected chi connectivity index (χ1v) is 8.38. The highest BCUT2D eigenvalue weighted by molar-refractivity contribution is 6.43. The molecule has 2 aliphatic rings. The molecule has 1 N–H and O–H groups in total. The maximum absolute atomic E-state index is 12.5. The molecule has 1 amide bonds. The summed E-state index contributed by atoms with van der Waals surface area (Å²) in [6, 6.07) is 3.86. The van der Waals surface area contributed by atoms with E-state index < -0.39 is 11.7 Å². The first kappa shape index (κ1) is 15.2. The van der Waals surface area contributed by atoms with Crippen molar-refractivity contribution >= 4 is 11.7 Å². The number of carbonyl (C=O) groups excluding carboxylic acids is 2. The van der Waals surface area contributed by atoms with Crippen LogP contribution in [0, 0.1) is 6.92 Å². The zero-order valence-corrected chi connectivity index (χ0v) is 13.3. The average Bonchev–Trinajstić information content (AvgIpc) is 2.56. The highest BCUT2D eigenvalue weighted by Gasteiger charge is 2.24. The molecule has 4 nitrogen and oxygen atoms in total. The summed E-state index contributed by atoms with van der Waals surface area (Å²) in [5.74, 6) is -0.905. The van der Waals surface area contributed by atoms with Crippen LogP contribution in [0.1, 0.15) is 59.2 Å². The Balaban J connectivity index is 1.75. The number of hydrogen-bond acceptors (Lipinski definition) is 3. The molecule has 0 saturated carbocycles. The van der Waals surface area contributed by atoms with E-state index in [1.165, 1.54) is 30.4 Å². The number of aryl methyl sites for hydroxylation is 1. The number of fused-ring (bicyclic) bond motifs is 1. The maximum atomic E-state index is 12.5. The second-order valence-corrected chi connectivity index (χ2v) is 6.40. The Hall–Kier alpha value is -1.68. The molecule has 1 aliphatic heterocycles. The van der Waals surface area contributed by atoms with E-state index in [0.29, 0.717) is 5.56 Å². The smallest absolute Gasteiger partial charge is 0.283 e. The van der Waals surface area contributed by atoms with Crippen molar-refractivity contribution in [3.05, 3.63) is 34.4 Å². The number of piperidine rings is 1. The van der Waals surface area contributed by atoms with E-state index in [-0.39, 0.29) is 0 Å². The van der Waals surface area contributed by atoms with Crippen LogP contribution in [0.5, 0.6) is 0 Å². The molecule has 22 heavy (non-hydrogen) atoms. The summed E-state index contributed by atoms with van der Waals surface area (Å²) in [5.41, 5.74) is 6.96. The molecule has 118 valence electrons. The topological polar surface area (TPSA) is 49.4 Å². The molecule has 1 heterocycles. The molecule has 0 aromatic heterocycles. The maximum Gasteiger partial charge on any atom is 0.306 e. The first-order valence-electron chi connectivity index (χ1n) is 8.38. The Morgan fingerprint density at radius 3 is 2.50 bits per heavy atom. The van der Waals surface area contributed by atoms with Gasteiger partial charge in [-0.05, 0) is 62.1 Å². The quantitative estimate of drug-likeness (QED) is 0.689. The molecular weight excluding hydrogens is 276 g/mol. The molecule has 1 saturated heterocycles. The van der Waals surface area contributed by atoms with Crippen molar-refractivity contribution < 1.29 is 9.59 Å². The lowest BCUT2D eigenvalue weighted by Crippen LogP contribution is -2.47. The van der Waals surface area contributed by atoms with Crippen LogP contribution in [0.3, 0.4) is 0 Å². The molecule has 0 unspecified atom stereocenters. The van der Waals surface area contributed by atoms with E-state index in [1.54, 1.807) is 0 Å². The minimum atomic E-state index is -0.499. The number of rotatable bonds is 3. The van der Waals surface area contributed by atoms with Crippen LogP contribution in [0.25, 0.3) is 0 Å². The van der Waals surface area contributed by atoms with Crippen LogP contribution in [0.4, 0.5) is 0 Å². The van der Waals surface area contributed by atoms with Crippen molar-refractivity contribution in [1.29, 1.82) is 0 Å². The van der Waals surface area contributed by atoms with Crippen molar-refractivity contribution in [1.82, 2.24) is 10.4 Å². The average molecular weight is 300 g/mol. The molecule has 1 aromatic carbocycles. The molecule has 3 rings (SSSR count). The monoisotopic (exact) mass is 300 g/mol. The molecule has 0 radical (unpaired) electrons. The molecule has 0 spiro atoms. The summed E-state index contributed by atoms with van der Waals surface area (Å²) in [6.45, 7) is 3.65. The fraction of sp³-hybridized carbons (Fsp3) is 0.556. The predicted molar refractivity (Wildman–Crippen MR) is 85.7 cm³/mol. The Bertz CT molecular complexity index is 589. The van der Waals surface area contributed by atoms with Crippen LogP contribution in [-0.2, 0) is 17.6 Å². The largest absolute Gasteiger partial charge is 0.306 e. The van der Waals surface area contributed by atoms with Crippen LogP contribution in [-0.4, -0.2) is 29.8 Å². The number of nitrogens with zero attached hydrogens (tertiary/aromatic N) is 1. The second kappa shape index (κ2) is 6.61. The first-order chi connectivity index (χ1) is 10.7. The molecule has 1 aliphatic carbocycles. The van der Waals surface area contributed by atoms with Gasteiger partial charge < -0.3 is 0 Å². The van der Waals surface area contributed by atoms with E-state index >= 15 is 0 Å². The lowest BCUT2D eigenvalue weighted by molar-refractivity contribution is -0.122. The lowest BCUT2D eigenvalue weighted by atomic mass is 9.85. The van der Waals surface area contributed by atoms with Gasteiger partial charge in [-0.3, -0.25) is 15.0 Å². The van der Waals surface area contributed by atoms with Crippen LogP contribution < -0.4 is 5.43 Å². The van der Waals surface area contributed by atoms with Crippen molar-refractivity contribution in [3.63, 3.8) is 0 Å². The standard InChI is InChI=1S/C18H24N2O2/c1-13-15-8-4-3-7-14(15)9-10-16(13)17(21)18(22)19-20-11-5-2-6-12-20/h9-10H,2-8,11-12H2,1H3,(H,19,22). The fourth-order valence-electron chi connectivity index (χ4n) is 3.58. The predicted octanol–water partition coefficient (Wildman–Crippen LogP) is 2.57. The molecule has 4 heteroatoms. The normalized spacial score (nSPS) is 18.6. The van der Waals surface area contributed by atoms with Gasteiger partial charge in [0.15, 0.2) is 0 Å². The van der Waals surface area contributed by atoms with Gasteiger partial charge in [-0.2, -0.15) is 0 Å². The van der Waals surface area contributed by atoms with E-state index in [9.17, 15) is 9.59 Å². The van der Waals surface area contributed by atoms with Gasteiger partial charge in [0.1, 0.15) is 0 Å². The Morgan fingerprint density at radius 1 is 1.00 bits per heavy atom. The zero-order chi connectivity index (χ0) is 15.5. The van der Waals surface area contributed by atoms with E-state index in [0.717, 1.165) is 44.3 Å². The summed E-state index contributed by atoms with van der Waals surface area (Å²) < 4.78 is 0. The lowest BCUT2D eigenvalue weighted by Gasteiger charge is -2.26.